The molecule has 0 aromatic heterocycles. The highest BCUT2D eigenvalue weighted by molar-refractivity contribution is 8.26. The van der Waals surface area contributed by atoms with Gasteiger partial charge in [0.05, 0.1) is 4.91 Å². The number of carbonyl (C=O) groups excluding carboxylic acids is 2. The van der Waals surface area contributed by atoms with Crippen molar-refractivity contribution in [2.75, 3.05) is 13.6 Å². The summed E-state index contributed by atoms with van der Waals surface area (Å²) in [5.41, 5.74) is 2.17. The van der Waals surface area contributed by atoms with Crippen molar-refractivity contribution in [2.45, 2.75) is 19.4 Å². The molecule has 1 heterocycles. The molecule has 0 aliphatic carbocycles. The van der Waals surface area contributed by atoms with E-state index in [-0.39, 0.29) is 11.8 Å². The third kappa shape index (κ3) is 6.15. The first-order chi connectivity index (χ1) is 14.5. The molecule has 30 heavy (non-hydrogen) atoms. The van der Waals surface area contributed by atoms with Gasteiger partial charge in [-0.1, -0.05) is 96.8 Å². The van der Waals surface area contributed by atoms with Crippen molar-refractivity contribution >= 4 is 46.2 Å². The minimum absolute atomic E-state index is 0.0608. The van der Waals surface area contributed by atoms with E-state index in [1.807, 2.05) is 72.8 Å². The van der Waals surface area contributed by atoms with Gasteiger partial charge in [-0.15, -0.1) is 0 Å². The third-order valence-electron chi connectivity index (χ3n) is 4.67. The third-order valence-corrected chi connectivity index (χ3v) is 6.07. The smallest absolute Gasteiger partial charge is 0.266 e. The van der Waals surface area contributed by atoms with E-state index in [0.717, 1.165) is 11.1 Å². The fraction of sp³-hybridized carbons (Fsp3) is 0.208. The standard InChI is InChI=1S/C24H24N2O2S2/c1-25(18-20-12-6-3-7-13-20)22(27)16-9-17-26-23(28)21(30-24(26)29)15-8-14-19-10-4-2-5-11-19/h2-8,10-15H,9,16-18H2,1H3. The Morgan fingerprint density at radius 2 is 1.77 bits per heavy atom. The highest BCUT2D eigenvalue weighted by Crippen LogP contribution is 2.31. The van der Waals surface area contributed by atoms with Crippen LogP contribution < -0.4 is 0 Å². The molecule has 1 fully saturated rings. The number of nitrogens with zero attached hydrogens (tertiary/aromatic N) is 2. The maximum Gasteiger partial charge on any atom is 0.266 e. The zero-order valence-electron chi connectivity index (χ0n) is 16.9. The number of rotatable bonds is 8. The summed E-state index contributed by atoms with van der Waals surface area (Å²) in [6, 6.07) is 19.8. The van der Waals surface area contributed by atoms with Gasteiger partial charge in [0.15, 0.2) is 0 Å². The minimum atomic E-state index is -0.0900. The Bertz CT molecular complexity index is 956. The van der Waals surface area contributed by atoms with Gasteiger partial charge in [0.25, 0.3) is 5.91 Å². The molecular weight excluding hydrogens is 412 g/mol. The van der Waals surface area contributed by atoms with Crippen LogP contribution in [0.25, 0.3) is 6.08 Å². The molecule has 0 radical (unpaired) electrons. The normalized spacial score (nSPS) is 15.4. The van der Waals surface area contributed by atoms with Gasteiger partial charge in [-0.05, 0) is 23.6 Å². The minimum Gasteiger partial charge on any atom is -0.341 e. The van der Waals surface area contributed by atoms with Gasteiger partial charge < -0.3 is 4.90 Å². The van der Waals surface area contributed by atoms with Crippen molar-refractivity contribution in [3.8, 4) is 0 Å². The Morgan fingerprint density at radius 3 is 2.47 bits per heavy atom. The fourth-order valence-corrected chi connectivity index (χ4v) is 4.30. The van der Waals surface area contributed by atoms with Crippen LogP contribution >= 0.6 is 24.0 Å². The van der Waals surface area contributed by atoms with Gasteiger partial charge in [0.2, 0.25) is 5.91 Å². The van der Waals surface area contributed by atoms with Crippen LogP contribution in [0.15, 0.2) is 77.7 Å². The quantitative estimate of drug-likeness (QED) is 0.437. The van der Waals surface area contributed by atoms with E-state index in [1.54, 1.807) is 22.9 Å². The molecule has 3 rings (SSSR count). The number of carbonyl (C=O) groups is 2. The average Bonchev–Trinajstić information content (AvgIpc) is 3.02. The monoisotopic (exact) mass is 436 g/mol. The average molecular weight is 437 g/mol. The van der Waals surface area contributed by atoms with E-state index in [2.05, 4.69) is 0 Å². The summed E-state index contributed by atoms with van der Waals surface area (Å²) in [6.45, 7) is 1.03. The van der Waals surface area contributed by atoms with Gasteiger partial charge in [-0.25, -0.2) is 0 Å². The Balaban J connectivity index is 1.47. The molecule has 2 aromatic carbocycles. The molecule has 0 unspecified atom stereocenters. The highest BCUT2D eigenvalue weighted by Gasteiger charge is 2.31. The van der Waals surface area contributed by atoms with E-state index >= 15 is 0 Å². The molecule has 0 bridgehead atoms. The predicted octanol–water partition coefficient (Wildman–Crippen LogP) is 4.88. The molecule has 4 nitrogen and oxygen atoms in total. The van der Waals surface area contributed by atoms with Crippen molar-refractivity contribution in [1.29, 1.82) is 0 Å². The van der Waals surface area contributed by atoms with Crippen molar-refractivity contribution in [3.05, 3.63) is 88.8 Å². The first-order valence-corrected chi connectivity index (χ1v) is 11.0. The number of allylic oxidation sites excluding steroid dienone is 2. The summed E-state index contributed by atoms with van der Waals surface area (Å²) in [7, 11) is 1.80. The number of hydrogen-bond acceptors (Lipinski definition) is 4. The van der Waals surface area contributed by atoms with Crippen LogP contribution in [-0.4, -0.2) is 39.5 Å². The lowest BCUT2D eigenvalue weighted by molar-refractivity contribution is -0.131. The predicted molar refractivity (Wildman–Crippen MR) is 128 cm³/mol. The zero-order chi connectivity index (χ0) is 21.3. The van der Waals surface area contributed by atoms with Crippen molar-refractivity contribution in [2.24, 2.45) is 0 Å². The molecule has 154 valence electrons. The van der Waals surface area contributed by atoms with Crippen LogP contribution in [-0.2, 0) is 16.1 Å². The van der Waals surface area contributed by atoms with Crippen molar-refractivity contribution in [1.82, 2.24) is 9.80 Å². The number of thiocarbonyl (C=S) groups is 1. The lowest BCUT2D eigenvalue weighted by atomic mass is 10.2. The van der Waals surface area contributed by atoms with Crippen LogP contribution in [0, 0.1) is 0 Å². The molecule has 0 atom stereocenters. The highest BCUT2D eigenvalue weighted by atomic mass is 32.2. The molecule has 2 amide bonds. The van der Waals surface area contributed by atoms with Crippen LogP contribution in [0.1, 0.15) is 24.0 Å². The fourth-order valence-electron chi connectivity index (χ4n) is 3.04. The largest absolute Gasteiger partial charge is 0.341 e. The summed E-state index contributed by atoms with van der Waals surface area (Å²) in [5.74, 6) is -0.0292. The van der Waals surface area contributed by atoms with Gasteiger partial charge in [-0.2, -0.15) is 0 Å². The number of hydrogen-bond donors (Lipinski definition) is 0. The van der Waals surface area contributed by atoms with Crippen LogP contribution in [0.3, 0.4) is 0 Å². The molecular formula is C24H24N2O2S2. The van der Waals surface area contributed by atoms with Crippen molar-refractivity contribution < 1.29 is 9.59 Å². The van der Waals surface area contributed by atoms with E-state index < -0.39 is 0 Å². The molecule has 6 heteroatoms. The van der Waals surface area contributed by atoms with Gasteiger partial charge in [0.1, 0.15) is 4.32 Å². The molecule has 0 spiro atoms. The molecule has 1 aliphatic heterocycles. The van der Waals surface area contributed by atoms with Crippen LogP contribution in [0.2, 0.25) is 0 Å². The van der Waals surface area contributed by atoms with Crippen LogP contribution in [0.5, 0.6) is 0 Å². The van der Waals surface area contributed by atoms with Gasteiger partial charge in [0, 0.05) is 26.6 Å². The lowest BCUT2D eigenvalue weighted by Crippen LogP contribution is -2.31. The Hall–Kier alpha value is -2.70. The Morgan fingerprint density at radius 1 is 1.10 bits per heavy atom. The van der Waals surface area contributed by atoms with Gasteiger partial charge in [-0.3, -0.25) is 14.5 Å². The SMILES string of the molecule is CN(Cc1ccccc1)C(=O)CCCN1C(=O)C(=CC=Cc2ccccc2)SC1=S. The summed E-state index contributed by atoms with van der Waals surface area (Å²) in [4.78, 5) is 28.9. The summed E-state index contributed by atoms with van der Waals surface area (Å²) in [6.07, 6.45) is 6.58. The maximum atomic E-state index is 12.6. The molecule has 0 N–H and O–H groups in total. The Labute approximate surface area is 187 Å². The maximum absolute atomic E-state index is 12.6. The van der Waals surface area contributed by atoms with E-state index in [0.29, 0.717) is 35.2 Å². The first kappa shape index (κ1) is 22.0. The van der Waals surface area contributed by atoms with E-state index in [1.165, 1.54) is 11.8 Å². The molecule has 2 aromatic rings. The van der Waals surface area contributed by atoms with Gasteiger partial charge >= 0.3 is 0 Å². The topological polar surface area (TPSA) is 40.6 Å². The number of thioether (sulfide) groups is 1. The van der Waals surface area contributed by atoms with E-state index in [9.17, 15) is 9.59 Å². The number of benzene rings is 2. The second-order valence-corrected chi connectivity index (χ2v) is 8.64. The number of amides is 2. The van der Waals surface area contributed by atoms with E-state index in [4.69, 9.17) is 12.2 Å². The second kappa shape index (κ2) is 10.9. The second-order valence-electron chi connectivity index (χ2n) is 6.96. The summed E-state index contributed by atoms with van der Waals surface area (Å²) < 4.78 is 0.546. The van der Waals surface area contributed by atoms with Crippen LogP contribution in [0.4, 0.5) is 0 Å². The lowest BCUT2D eigenvalue weighted by Gasteiger charge is -2.18. The Kier molecular flexibility index (Phi) is 7.99. The first-order valence-electron chi connectivity index (χ1n) is 9.79. The van der Waals surface area contributed by atoms with Crippen molar-refractivity contribution in [3.63, 3.8) is 0 Å². The summed E-state index contributed by atoms with van der Waals surface area (Å²) in [5, 5.41) is 0. The molecule has 0 saturated carbocycles. The zero-order valence-corrected chi connectivity index (χ0v) is 18.5. The summed E-state index contributed by atoms with van der Waals surface area (Å²) >= 11 is 6.67. The molecule has 1 saturated heterocycles. The molecule has 1 aliphatic rings.